The predicted octanol–water partition coefficient (Wildman–Crippen LogP) is 1.91. The molecular formula is C12H15FN2O2. The second kappa shape index (κ2) is 5.43. The standard InChI is InChI=1S/C12H15FN2O2/c1-3-7(2)12(17)15-8-4-5-10(13)9(6-8)11(14)16/h4-7H,3H2,1-2H3,(H2,14,16)(H,15,17). The van der Waals surface area contributed by atoms with Crippen LogP contribution in [0, 0.1) is 11.7 Å². The maximum absolute atomic E-state index is 13.2. The highest BCUT2D eigenvalue weighted by Crippen LogP contribution is 2.15. The molecule has 0 aliphatic rings. The van der Waals surface area contributed by atoms with Crippen LogP contribution in [0.5, 0.6) is 0 Å². The van der Waals surface area contributed by atoms with Gasteiger partial charge in [-0.15, -0.1) is 0 Å². The van der Waals surface area contributed by atoms with Gasteiger partial charge in [0.15, 0.2) is 0 Å². The molecule has 0 saturated carbocycles. The molecule has 0 spiro atoms. The lowest BCUT2D eigenvalue weighted by atomic mass is 10.1. The SMILES string of the molecule is CCC(C)C(=O)Nc1ccc(F)c(C(N)=O)c1. The first-order valence-corrected chi connectivity index (χ1v) is 5.36. The Morgan fingerprint density at radius 1 is 1.47 bits per heavy atom. The molecule has 0 radical (unpaired) electrons. The van der Waals surface area contributed by atoms with E-state index in [2.05, 4.69) is 5.32 Å². The number of carbonyl (C=O) groups is 2. The molecule has 0 bridgehead atoms. The second-order valence-corrected chi connectivity index (χ2v) is 3.86. The number of rotatable bonds is 4. The van der Waals surface area contributed by atoms with E-state index in [4.69, 9.17) is 5.73 Å². The van der Waals surface area contributed by atoms with Crippen LogP contribution in [-0.2, 0) is 4.79 Å². The molecule has 1 aromatic carbocycles. The summed E-state index contributed by atoms with van der Waals surface area (Å²) in [6.45, 7) is 3.68. The lowest BCUT2D eigenvalue weighted by Gasteiger charge is -2.10. The zero-order chi connectivity index (χ0) is 13.0. The minimum atomic E-state index is -0.859. The monoisotopic (exact) mass is 238 g/mol. The van der Waals surface area contributed by atoms with E-state index in [0.717, 1.165) is 6.07 Å². The average Bonchev–Trinajstić information content (AvgIpc) is 2.30. The number of primary amides is 1. The maximum atomic E-state index is 13.2. The molecule has 5 heteroatoms. The zero-order valence-corrected chi connectivity index (χ0v) is 9.79. The number of nitrogens with two attached hydrogens (primary N) is 1. The quantitative estimate of drug-likeness (QED) is 0.841. The van der Waals surface area contributed by atoms with Crippen molar-refractivity contribution in [3.8, 4) is 0 Å². The van der Waals surface area contributed by atoms with Crippen molar-refractivity contribution < 1.29 is 14.0 Å². The molecule has 0 saturated heterocycles. The van der Waals surface area contributed by atoms with E-state index in [0.29, 0.717) is 12.1 Å². The van der Waals surface area contributed by atoms with Gasteiger partial charge in [-0.3, -0.25) is 9.59 Å². The first-order chi connectivity index (χ1) is 7.95. The van der Waals surface area contributed by atoms with Gasteiger partial charge in [0, 0.05) is 11.6 Å². The molecule has 17 heavy (non-hydrogen) atoms. The Hall–Kier alpha value is -1.91. The molecule has 0 aliphatic carbocycles. The van der Waals surface area contributed by atoms with E-state index < -0.39 is 11.7 Å². The van der Waals surface area contributed by atoms with E-state index in [-0.39, 0.29) is 17.4 Å². The summed E-state index contributed by atoms with van der Waals surface area (Å²) in [6.07, 6.45) is 0.704. The van der Waals surface area contributed by atoms with Crippen molar-refractivity contribution in [1.29, 1.82) is 0 Å². The van der Waals surface area contributed by atoms with Crippen LogP contribution in [0.3, 0.4) is 0 Å². The summed E-state index contributed by atoms with van der Waals surface area (Å²) in [7, 11) is 0. The normalized spacial score (nSPS) is 11.9. The number of anilines is 1. The van der Waals surface area contributed by atoms with Gasteiger partial charge in [0.1, 0.15) is 5.82 Å². The van der Waals surface area contributed by atoms with E-state index in [1.54, 1.807) is 6.92 Å². The summed E-state index contributed by atoms with van der Waals surface area (Å²) < 4.78 is 13.2. The molecule has 2 amide bonds. The molecule has 4 nitrogen and oxygen atoms in total. The number of amides is 2. The third-order valence-corrected chi connectivity index (χ3v) is 2.56. The van der Waals surface area contributed by atoms with Crippen LogP contribution in [-0.4, -0.2) is 11.8 Å². The van der Waals surface area contributed by atoms with E-state index in [1.807, 2.05) is 6.92 Å². The highest BCUT2D eigenvalue weighted by Gasteiger charge is 2.13. The van der Waals surface area contributed by atoms with Crippen LogP contribution in [0.4, 0.5) is 10.1 Å². The van der Waals surface area contributed by atoms with Crippen LogP contribution in [0.25, 0.3) is 0 Å². The van der Waals surface area contributed by atoms with Crippen molar-refractivity contribution in [3.05, 3.63) is 29.6 Å². The Kier molecular flexibility index (Phi) is 4.20. The largest absolute Gasteiger partial charge is 0.366 e. The first kappa shape index (κ1) is 13.2. The van der Waals surface area contributed by atoms with Gasteiger partial charge < -0.3 is 11.1 Å². The Labute approximate surface area is 99.0 Å². The van der Waals surface area contributed by atoms with Gasteiger partial charge in [-0.05, 0) is 24.6 Å². The number of benzene rings is 1. The van der Waals surface area contributed by atoms with Crippen LogP contribution in [0.1, 0.15) is 30.6 Å². The van der Waals surface area contributed by atoms with Gasteiger partial charge in [-0.25, -0.2) is 4.39 Å². The molecule has 1 rings (SSSR count). The van der Waals surface area contributed by atoms with Gasteiger partial charge >= 0.3 is 0 Å². The minimum absolute atomic E-state index is 0.142. The maximum Gasteiger partial charge on any atom is 0.251 e. The molecule has 0 heterocycles. The fourth-order valence-electron chi connectivity index (χ4n) is 1.24. The topological polar surface area (TPSA) is 72.2 Å². The smallest absolute Gasteiger partial charge is 0.251 e. The molecule has 1 atom stereocenters. The van der Waals surface area contributed by atoms with Gasteiger partial charge in [0.05, 0.1) is 5.56 Å². The van der Waals surface area contributed by atoms with Crippen LogP contribution >= 0.6 is 0 Å². The Morgan fingerprint density at radius 2 is 2.12 bits per heavy atom. The van der Waals surface area contributed by atoms with Crippen LogP contribution in [0.2, 0.25) is 0 Å². The Balaban J connectivity index is 2.90. The zero-order valence-electron chi connectivity index (χ0n) is 9.79. The summed E-state index contributed by atoms with van der Waals surface area (Å²) in [6, 6.07) is 3.73. The number of hydrogen-bond acceptors (Lipinski definition) is 2. The lowest BCUT2D eigenvalue weighted by molar-refractivity contribution is -0.119. The first-order valence-electron chi connectivity index (χ1n) is 5.36. The van der Waals surface area contributed by atoms with Crippen molar-refractivity contribution >= 4 is 17.5 Å². The number of halogens is 1. The molecule has 0 fully saturated rings. The third-order valence-electron chi connectivity index (χ3n) is 2.56. The predicted molar refractivity (Wildman–Crippen MR) is 63.0 cm³/mol. The number of nitrogens with one attached hydrogen (secondary N) is 1. The van der Waals surface area contributed by atoms with Gasteiger partial charge in [0.2, 0.25) is 5.91 Å². The summed E-state index contributed by atoms with van der Waals surface area (Å²) >= 11 is 0. The second-order valence-electron chi connectivity index (χ2n) is 3.86. The van der Waals surface area contributed by atoms with Crippen LogP contribution in [0.15, 0.2) is 18.2 Å². The molecule has 3 N–H and O–H groups in total. The lowest BCUT2D eigenvalue weighted by Crippen LogP contribution is -2.20. The van der Waals surface area contributed by atoms with Gasteiger partial charge in [0.25, 0.3) is 5.91 Å². The molecule has 0 aromatic heterocycles. The number of carbonyl (C=O) groups excluding carboxylic acids is 2. The number of hydrogen-bond donors (Lipinski definition) is 2. The van der Waals surface area contributed by atoms with E-state index in [1.165, 1.54) is 12.1 Å². The minimum Gasteiger partial charge on any atom is -0.366 e. The van der Waals surface area contributed by atoms with E-state index in [9.17, 15) is 14.0 Å². The van der Waals surface area contributed by atoms with Gasteiger partial charge in [-0.1, -0.05) is 13.8 Å². The molecule has 92 valence electrons. The fourth-order valence-corrected chi connectivity index (χ4v) is 1.24. The van der Waals surface area contributed by atoms with Crippen molar-refractivity contribution in [1.82, 2.24) is 0 Å². The summed E-state index contributed by atoms with van der Waals surface area (Å²) in [5.74, 6) is -1.87. The fraction of sp³-hybridized carbons (Fsp3) is 0.333. The third kappa shape index (κ3) is 3.27. The highest BCUT2D eigenvalue weighted by molar-refractivity contribution is 5.97. The summed E-state index contributed by atoms with van der Waals surface area (Å²) in [5.41, 5.74) is 5.15. The molecule has 1 aromatic rings. The average molecular weight is 238 g/mol. The van der Waals surface area contributed by atoms with Crippen molar-refractivity contribution in [3.63, 3.8) is 0 Å². The summed E-state index contributed by atoms with van der Waals surface area (Å²) in [4.78, 5) is 22.5. The highest BCUT2D eigenvalue weighted by atomic mass is 19.1. The molecule has 0 aliphatic heterocycles. The van der Waals surface area contributed by atoms with E-state index >= 15 is 0 Å². The van der Waals surface area contributed by atoms with Crippen LogP contribution < -0.4 is 11.1 Å². The Morgan fingerprint density at radius 3 is 2.65 bits per heavy atom. The van der Waals surface area contributed by atoms with Crippen molar-refractivity contribution in [2.45, 2.75) is 20.3 Å². The van der Waals surface area contributed by atoms with Crippen molar-refractivity contribution in [2.24, 2.45) is 11.7 Å². The van der Waals surface area contributed by atoms with Crippen molar-refractivity contribution in [2.75, 3.05) is 5.32 Å². The Bertz CT molecular complexity index is 446. The summed E-state index contributed by atoms with van der Waals surface area (Å²) in [5, 5.41) is 2.60. The van der Waals surface area contributed by atoms with Gasteiger partial charge in [-0.2, -0.15) is 0 Å². The molecule has 1 unspecified atom stereocenters. The molecular weight excluding hydrogens is 223 g/mol.